The van der Waals surface area contributed by atoms with Gasteiger partial charge in [0.1, 0.15) is 5.60 Å². The van der Waals surface area contributed by atoms with Crippen LogP contribution >= 0.6 is 0 Å². The number of anilines is 1. The van der Waals surface area contributed by atoms with E-state index < -0.39 is 11.7 Å². The summed E-state index contributed by atoms with van der Waals surface area (Å²) in [6, 6.07) is 0.00284. The Balaban J connectivity index is 1.39. The van der Waals surface area contributed by atoms with Gasteiger partial charge in [-0.05, 0) is 59.8 Å². The highest BCUT2D eigenvalue weighted by atomic mass is 16.6. The summed E-state index contributed by atoms with van der Waals surface area (Å²) in [5.41, 5.74) is -0.516. The van der Waals surface area contributed by atoms with Gasteiger partial charge in [0, 0.05) is 26.2 Å². The summed E-state index contributed by atoms with van der Waals surface area (Å²) >= 11 is 0. The first kappa shape index (κ1) is 24.9. The first-order valence-corrected chi connectivity index (χ1v) is 11.7. The fourth-order valence-electron chi connectivity index (χ4n) is 3.85. The summed E-state index contributed by atoms with van der Waals surface area (Å²) in [6.45, 7) is 12.6. The first-order valence-electron chi connectivity index (χ1n) is 11.7. The van der Waals surface area contributed by atoms with E-state index in [-0.39, 0.29) is 18.2 Å². The van der Waals surface area contributed by atoms with Crippen molar-refractivity contribution >= 4 is 18.1 Å². The van der Waals surface area contributed by atoms with Crippen LogP contribution in [0.25, 0.3) is 0 Å². The highest BCUT2D eigenvalue weighted by molar-refractivity contribution is 5.68. The van der Waals surface area contributed by atoms with Crippen LogP contribution in [0.5, 0.6) is 5.75 Å². The van der Waals surface area contributed by atoms with Gasteiger partial charge < -0.3 is 29.3 Å². The van der Waals surface area contributed by atoms with Crippen molar-refractivity contribution in [1.29, 1.82) is 0 Å². The zero-order valence-electron chi connectivity index (χ0n) is 20.4. The van der Waals surface area contributed by atoms with Crippen LogP contribution in [0.15, 0.2) is 12.4 Å². The predicted molar refractivity (Wildman–Crippen MR) is 123 cm³/mol. The van der Waals surface area contributed by atoms with Crippen molar-refractivity contribution in [3.05, 3.63) is 12.4 Å². The molecule has 1 N–H and O–H groups in total. The van der Waals surface area contributed by atoms with Crippen molar-refractivity contribution in [2.45, 2.75) is 71.6 Å². The molecule has 2 aliphatic rings. The van der Waals surface area contributed by atoms with Crippen LogP contribution in [0.2, 0.25) is 0 Å². The molecule has 0 bridgehead atoms. The smallest absolute Gasteiger partial charge is 0.410 e. The minimum atomic E-state index is -0.516. The van der Waals surface area contributed by atoms with Crippen LogP contribution in [0.1, 0.15) is 53.9 Å². The molecule has 184 valence electrons. The van der Waals surface area contributed by atoms with Gasteiger partial charge in [0.2, 0.25) is 5.95 Å². The molecule has 3 rings (SSSR count). The molecule has 0 spiro atoms. The molecule has 1 aromatic heterocycles. The molecule has 2 fully saturated rings. The van der Waals surface area contributed by atoms with Gasteiger partial charge in [-0.25, -0.2) is 19.6 Å². The molecule has 0 saturated carbocycles. The number of carbonyl (C=O) groups excluding carboxylic acids is 2. The number of nitrogens with zero attached hydrogens (tertiary/aromatic N) is 4. The van der Waals surface area contributed by atoms with Gasteiger partial charge >= 0.3 is 12.2 Å². The number of likely N-dealkylation sites (tertiary alicyclic amines) is 1. The number of carbonyl (C=O) groups is 2. The number of piperidine rings is 1. The number of ether oxygens (including phenoxy) is 3. The van der Waals surface area contributed by atoms with E-state index in [4.69, 9.17) is 14.2 Å². The van der Waals surface area contributed by atoms with Gasteiger partial charge in [0.05, 0.1) is 31.1 Å². The quantitative estimate of drug-likeness (QED) is 0.685. The molecule has 2 saturated heterocycles. The molecule has 0 aromatic carbocycles. The van der Waals surface area contributed by atoms with Crippen LogP contribution in [0.4, 0.5) is 15.5 Å². The van der Waals surface area contributed by atoms with Crippen LogP contribution in [-0.2, 0) is 9.47 Å². The van der Waals surface area contributed by atoms with Crippen molar-refractivity contribution in [2.24, 2.45) is 5.92 Å². The molecular weight excluding hydrogens is 426 g/mol. The van der Waals surface area contributed by atoms with Crippen molar-refractivity contribution in [3.63, 3.8) is 0 Å². The Kier molecular flexibility index (Phi) is 8.20. The third-order valence-electron chi connectivity index (χ3n) is 5.50. The second-order valence-electron chi connectivity index (χ2n) is 9.97. The molecule has 0 aliphatic carbocycles. The van der Waals surface area contributed by atoms with Crippen LogP contribution in [0.3, 0.4) is 0 Å². The molecule has 3 heterocycles. The van der Waals surface area contributed by atoms with E-state index in [9.17, 15) is 9.59 Å². The minimum Gasteiger partial charge on any atom is -0.490 e. The molecular formula is C23H37N5O5. The lowest BCUT2D eigenvalue weighted by molar-refractivity contribution is 0.0508. The molecule has 2 aliphatic heterocycles. The van der Waals surface area contributed by atoms with E-state index in [1.165, 1.54) is 0 Å². The molecule has 10 nitrogen and oxygen atoms in total. The third-order valence-corrected chi connectivity index (χ3v) is 5.50. The van der Waals surface area contributed by atoms with E-state index in [1.807, 2.05) is 39.5 Å². The van der Waals surface area contributed by atoms with Crippen molar-refractivity contribution in [3.8, 4) is 5.75 Å². The van der Waals surface area contributed by atoms with E-state index in [0.717, 1.165) is 25.8 Å². The van der Waals surface area contributed by atoms with Crippen molar-refractivity contribution in [1.82, 2.24) is 20.2 Å². The lowest BCUT2D eigenvalue weighted by Crippen LogP contribution is -2.40. The Bertz CT molecular complexity index is 787. The van der Waals surface area contributed by atoms with Gasteiger partial charge in [-0.2, -0.15) is 0 Å². The summed E-state index contributed by atoms with van der Waals surface area (Å²) in [7, 11) is 0. The second-order valence-corrected chi connectivity index (χ2v) is 9.97. The van der Waals surface area contributed by atoms with E-state index in [2.05, 4.69) is 15.3 Å². The molecule has 1 atom stereocenters. The number of amides is 2. The number of hydrogen-bond donors (Lipinski definition) is 1. The van der Waals surface area contributed by atoms with Crippen LogP contribution in [0, 0.1) is 5.92 Å². The Hall–Kier alpha value is -2.78. The third kappa shape index (κ3) is 7.94. The van der Waals surface area contributed by atoms with Crippen LogP contribution < -0.4 is 15.0 Å². The fourth-order valence-corrected chi connectivity index (χ4v) is 3.85. The maximum Gasteiger partial charge on any atom is 0.410 e. The topological polar surface area (TPSA) is 106 Å². The Labute approximate surface area is 196 Å². The normalized spacial score (nSPS) is 19.5. The average Bonchev–Trinajstić information content (AvgIpc) is 3.19. The van der Waals surface area contributed by atoms with Gasteiger partial charge in [0.15, 0.2) is 5.75 Å². The Morgan fingerprint density at radius 1 is 1.12 bits per heavy atom. The number of rotatable bonds is 6. The molecule has 33 heavy (non-hydrogen) atoms. The van der Waals surface area contributed by atoms with E-state index in [0.29, 0.717) is 43.9 Å². The molecule has 0 radical (unpaired) electrons. The largest absolute Gasteiger partial charge is 0.490 e. The highest BCUT2D eigenvalue weighted by Gasteiger charge is 2.28. The van der Waals surface area contributed by atoms with Gasteiger partial charge in [-0.15, -0.1) is 0 Å². The van der Waals surface area contributed by atoms with Gasteiger partial charge in [-0.1, -0.05) is 0 Å². The standard InChI is InChI=1S/C23H37N5O5/c1-16(2)32-22(30)27-9-6-17(7-10-27)15-31-19-12-24-20(25-13-19)28-11-8-18(14-28)26-21(29)33-23(3,4)5/h12-13,16-18H,6-11,14-15H2,1-5H3,(H,26,29). The number of hydrogen-bond acceptors (Lipinski definition) is 8. The average molecular weight is 464 g/mol. The summed E-state index contributed by atoms with van der Waals surface area (Å²) in [5.74, 6) is 1.63. The Morgan fingerprint density at radius 3 is 2.39 bits per heavy atom. The maximum atomic E-state index is 12.0. The van der Waals surface area contributed by atoms with Crippen LogP contribution in [-0.4, -0.2) is 77.6 Å². The highest BCUT2D eigenvalue weighted by Crippen LogP contribution is 2.21. The summed E-state index contributed by atoms with van der Waals surface area (Å²) in [5, 5.41) is 2.91. The fraction of sp³-hybridized carbons (Fsp3) is 0.739. The molecule has 10 heteroatoms. The molecule has 1 aromatic rings. The lowest BCUT2D eigenvalue weighted by atomic mass is 9.98. The number of aromatic nitrogens is 2. The lowest BCUT2D eigenvalue weighted by Gasteiger charge is -2.31. The minimum absolute atomic E-state index is 0.00284. The van der Waals surface area contributed by atoms with Crippen molar-refractivity contribution in [2.75, 3.05) is 37.7 Å². The van der Waals surface area contributed by atoms with E-state index >= 15 is 0 Å². The zero-order valence-corrected chi connectivity index (χ0v) is 20.4. The predicted octanol–water partition coefficient (Wildman–Crippen LogP) is 3.22. The van der Waals surface area contributed by atoms with Gasteiger partial charge in [0.25, 0.3) is 0 Å². The summed E-state index contributed by atoms with van der Waals surface area (Å²) in [4.78, 5) is 36.6. The summed E-state index contributed by atoms with van der Waals surface area (Å²) < 4.78 is 16.5. The SMILES string of the molecule is CC(C)OC(=O)N1CCC(COc2cnc(N3CCC(NC(=O)OC(C)(C)C)C3)nc2)CC1. The number of nitrogens with one attached hydrogen (secondary N) is 1. The summed E-state index contributed by atoms with van der Waals surface area (Å²) in [6.07, 6.45) is 5.20. The number of alkyl carbamates (subject to hydrolysis) is 1. The maximum absolute atomic E-state index is 12.0. The Morgan fingerprint density at radius 2 is 1.79 bits per heavy atom. The second kappa shape index (κ2) is 10.9. The monoisotopic (exact) mass is 463 g/mol. The van der Waals surface area contributed by atoms with E-state index in [1.54, 1.807) is 17.3 Å². The first-order chi connectivity index (χ1) is 15.6. The van der Waals surface area contributed by atoms with Crippen molar-refractivity contribution < 1.29 is 23.8 Å². The zero-order chi connectivity index (χ0) is 24.0. The molecule has 2 amide bonds. The molecule has 1 unspecified atom stereocenters. The van der Waals surface area contributed by atoms with Gasteiger partial charge in [-0.3, -0.25) is 0 Å².